The van der Waals surface area contributed by atoms with Crippen LogP contribution in [0.4, 0.5) is 0 Å². The molecule has 0 radical (unpaired) electrons. The third-order valence-corrected chi connectivity index (χ3v) is 6.77. The number of esters is 1. The van der Waals surface area contributed by atoms with E-state index >= 15 is 0 Å². The van der Waals surface area contributed by atoms with Crippen molar-refractivity contribution in [3.63, 3.8) is 0 Å². The Morgan fingerprint density at radius 3 is 2.59 bits per heavy atom. The number of benzene rings is 2. The van der Waals surface area contributed by atoms with Gasteiger partial charge in [-0.2, -0.15) is 0 Å². The maximum Gasteiger partial charge on any atom is 0.332 e. The first-order chi connectivity index (χ1) is 15.4. The standard InChI is InChI=1S/C23H23NO4S.CH2Cl2/c1-3-28-20(25)14-18-21-23(27,17-13-15(2)9-10-19(17)29-21)22(26)24(18)12-11-16-7-5-4-6-8-16;2-1-3/h4-10,13-14,21,27H,3,11-12H2,1-2H3;1H2/b18-14+;/t21-,23+;/m1./s1. The zero-order valence-corrected chi connectivity index (χ0v) is 20.2. The maximum atomic E-state index is 13.4. The highest BCUT2D eigenvalue weighted by Crippen LogP contribution is 2.56. The van der Waals surface area contributed by atoms with Gasteiger partial charge in [0.1, 0.15) is 0 Å². The predicted molar refractivity (Wildman–Crippen MR) is 128 cm³/mol. The fraction of sp³-hybridized carbons (Fsp3) is 0.333. The van der Waals surface area contributed by atoms with Crippen LogP contribution in [0.2, 0.25) is 0 Å². The third kappa shape index (κ3) is 4.84. The fourth-order valence-electron chi connectivity index (χ4n) is 3.94. The van der Waals surface area contributed by atoms with Crippen LogP contribution in [0, 0.1) is 6.92 Å². The monoisotopic (exact) mass is 493 g/mol. The highest BCUT2D eigenvalue weighted by Gasteiger charge is 2.61. The number of rotatable bonds is 5. The Morgan fingerprint density at radius 1 is 1.25 bits per heavy atom. The number of carbonyl (C=O) groups excluding carboxylic acids is 2. The summed E-state index contributed by atoms with van der Waals surface area (Å²) in [4.78, 5) is 28.1. The molecular weight excluding hydrogens is 469 g/mol. The summed E-state index contributed by atoms with van der Waals surface area (Å²) in [7, 11) is 0. The molecule has 0 saturated carbocycles. The summed E-state index contributed by atoms with van der Waals surface area (Å²) >= 11 is 11.0. The Morgan fingerprint density at radius 2 is 1.94 bits per heavy atom. The van der Waals surface area contributed by atoms with E-state index in [9.17, 15) is 14.7 Å². The Bertz CT molecular complexity index is 1010. The van der Waals surface area contributed by atoms with Gasteiger partial charge in [-0.25, -0.2) is 4.79 Å². The SMILES string of the molecule is CCOC(=O)/C=C1\[C@H]2Sc3ccc(C)cc3[C@@]2(O)C(=O)N1CCc1ccccc1.ClCCl. The zero-order chi connectivity index (χ0) is 23.3. The molecule has 170 valence electrons. The number of fused-ring (bicyclic) bond motifs is 3. The van der Waals surface area contributed by atoms with Crippen molar-refractivity contribution in [2.75, 3.05) is 18.5 Å². The van der Waals surface area contributed by atoms with E-state index < -0.39 is 16.8 Å². The predicted octanol–water partition coefficient (Wildman–Crippen LogP) is 4.61. The minimum Gasteiger partial charge on any atom is -0.463 e. The van der Waals surface area contributed by atoms with Crippen molar-refractivity contribution < 1.29 is 19.4 Å². The third-order valence-electron chi connectivity index (χ3n) is 5.34. The summed E-state index contributed by atoms with van der Waals surface area (Å²) in [5, 5.41) is 11.2. The Hall–Kier alpha value is -1.99. The molecule has 0 unspecified atom stereocenters. The summed E-state index contributed by atoms with van der Waals surface area (Å²) in [6.07, 6.45) is 1.99. The van der Waals surface area contributed by atoms with E-state index in [0.717, 1.165) is 16.0 Å². The van der Waals surface area contributed by atoms with Gasteiger partial charge in [0, 0.05) is 28.8 Å². The van der Waals surface area contributed by atoms with Crippen LogP contribution in [0.5, 0.6) is 0 Å². The Kier molecular flexibility index (Phi) is 8.28. The number of hydrogen-bond donors (Lipinski definition) is 1. The van der Waals surface area contributed by atoms with E-state index in [0.29, 0.717) is 24.2 Å². The van der Waals surface area contributed by atoms with Crippen molar-refractivity contribution >= 4 is 46.8 Å². The van der Waals surface area contributed by atoms with Gasteiger partial charge in [-0.15, -0.1) is 35.0 Å². The highest BCUT2D eigenvalue weighted by atomic mass is 35.5. The molecule has 1 saturated heterocycles. The first-order valence-electron chi connectivity index (χ1n) is 10.2. The molecule has 5 nitrogen and oxygen atoms in total. The second kappa shape index (κ2) is 10.8. The van der Waals surface area contributed by atoms with Crippen LogP contribution >= 0.6 is 35.0 Å². The average Bonchev–Trinajstić information content (AvgIpc) is 3.16. The number of carbonyl (C=O) groups is 2. The summed E-state index contributed by atoms with van der Waals surface area (Å²) in [6.45, 7) is 4.31. The minimum atomic E-state index is -1.67. The number of likely N-dealkylation sites (tertiary alicyclic amines) is 1. The van der Waals surface area contributed by atoms with Crippen molar-refractivity contribution in [3.05, 3.63) is 77.0 Å². The molecule has 0 bridgehead atoms. The lowest BCUT2D eigenvalue weighted by atomic mass is 9.90. The van der Waals surface area contributed by atoms with E-state index in [-0.39, 0.29) is 17.9 Å². The minimum absolute atomic E-state index is 0.194. The number of halogens is 2. The molecule has 4 rings (SSSR count). The van der Waals surface area contributed by atoms with Crippen LogP contribution in [0.25, 0.3) is 0 Å². The van der Waals surface area contributed by atoms with Gasteiger partial charge in [0.2, 0.25) is 0 Å². The van der Waals surface area contributed by atoms with Gasteiger partial charge in [0.05, 0.1) is 17.2 Å². The first kappa shape index (κ1) is 24.6. The number of hydrogen-bond acceptors (Lipinski definition) is 5. The van der Waals surface area contributed by atoms with Crippen LogP contribution in [0.3, 0.4) is 0 Å². The molecule has 1 fully saturated rings. The van der Waals surface area contributed by atoms with E-state index in [1.165, 1.54) is 17.8 Å². The largest absolute Gasteiger partial charge is 0.463 e. The molecule has 2 atom stereocenters. The number of ether oxygens (including phenoxy) is 1. The van der Waals surface area contributed by atoms with Crippen LogP contribution in [0.1, 0.15) is 23.6 Å². The molecule has 0 aliphatic carbocycles. The van der Waals surface area contributed by atoms with Crippen molar-refractivity contribution in [3.8, 4) is 0 Å². The normalized spacial score (nSPS) is 22.3. The topological polar surface area (TPSA) is 66.8 Å². The van der Waals surface area contributed by atoms with Gasteiger partial charge in [-0.05, 0) is 31.9 Å². The van der Waals surface area contributed by atoms with Gasteiger partial charge in [0.25, 0.3) is 5.91 Å². The van der Waals surface area contributed by atoms with Crippen molar-refractivity contribution in [1.29, 1.82) is 0 Å². The lowest BCUT2D eigenvalue weighted by Crippen LogP contribution is -2.40. The molecular formula is C24H25Cl2NO4S. The van der Waals surface area contributed by atoms with Crippen LogP contribution in [0.15, 0.2) is 65.2 Å². The summed E-state index contributed by atoms with van der Waals surface area (Å²) in [5.74, 6) is -0.886. The second-order valence-corrected chi connectivity index (χ2v) is 9.33. The lowest BCUT2D eigenvalue weighted by Gasteiger charge is -2.22. The van der Waals surface area contributed by atoms with Crippen molar-refractivity contribution in [2.45, 2.75) is 36.0 Å². The molecule has 2 aromatic carbocycles. The number of alkyl halides is 2. The van der Waals surface area contributed by atoms with Gasteiger partial charge in [0.15, 0.2) is 5.60 Å². The molecule has 2 aliphatic heterocycles. The molecule has 0 spiro atoms. The smallest absolute Gasteiger partial charge is 0.332 e. The number of aryl methyl sites for hydroxylation is 1. The maximum absolute atomic E-state index is 13.4. The Balaban J connectivity index is 0.000000913. The van der Waals surface area contributed by atoms with Gasteiger partial charge in [-0.3, -0.25) is 4.79 Å². The quantitative estimate of drug-likeness (QED) is 0.374. The zero-order valence-electron chi connectivity index (χ0n) is 17.9. The molecule has 2 aromatic rings. The summed E-state index contributed by atoms with van der Waals surface area (Å²) < 4.78 is 5.08. The van der Waals surface area contributed by atoms with E-state index in [2.05, 4.69) is 0 Å². The molecule has 2 aliphatic rings. The van der Waals surface area contributed by atoms with Crippen LogP contribution in [-0.2, 0) is 26.3 Å². The van der Waals surface area contributed by atoms with E-state index in [4.69, 9.17) is 27.9 Å². The summed E-state index contributed by atoms with van der Waals surface area (Å²) in [5.41, 5.74) is 1.52. The van der Waals surface area contributed by atoms with E-state index in [1.54, 1.807) is 11.8 Å². The van der Waals surface area contributed by atoms with Gasteiger partial charge < -0.3 is 14.7 Å². The van der Waals surface area contributed by atoms with Gasteiger partial charge >= 0.3 is 5.97 Å². The summed E-state index contributed by atoms with van der Waals surface area (Å²) in [6, 6.07) is 15.6. The fourth-order valence-corrected chi connectivity index (χ4v) is 5.40. The molecule has 8 heteroatoms. The van der Waals surface area contributed by atoms with Gasteiger partial charge in [-0.1, -0.05) is 48.0 Å². The molecule has 1 N–H and O–H groups in total. The molecule has 32 heavy (non-hydrogen) atoms. The highest BCUT2D eigenvalue weighted by molar-refractivity contribution is 8.00. The molecule has 0 aromatic heterocycles. The molecule has 2 heterocycles. The second-order valence-electron chi connectivity index (χ2n) is 7.38. The number of thioether (sulfide) groups is 1. The number of nitrogens with zero attached hydrogens (tertiary/aromatic N) is 1. The van der Waals surface area contributed by atoms with Crippen molar-refractivity contribution in [1.82, 2.24) is 4.90 Å². The average molecular weight is 494 g/mol. The lowest BCUT2D eigenvalue weighted by molar-refractivity contribution is -0.143. The number of amides is 1. The van der Waals surface area contributed by atoms with Crippen molar-refractivity contribution in [2.24, 2.45) is 0 Å². The van der Waals surface area contributed by atoms with Crippen LogP contribution in [-0.4, -0.2) is 45.6 Å². The molecule has 1 amide bonds. The Labute approximate surface area is 202 Å². The first-order valence-corrected chi connectivity index (χ1v) is 12.2. The number of aliphatic hydroxyl groups is 1. The van der Waals surface area contributed by atoms with E-state index in [1.807, 2.05) is 55.5 Å². The van der Waals surface area contributed by atoms with Crippen LogP contribution < -0.4 is 0 Å².